The van der Waals surface area contributed by atoms with Crippen LogP contribution in [-0.2, 0) is 0 Å². The second-order valence-electron chi connectivity index (χ2n) is 15.2. The smallest absolute Gasteiger partial charge is 0.132 e. The highest BCUT2D eigenvalue weighted by Gasteiger charge is 2.33. The summed E-state index contributed by atoms with van der Waals surface area (Å²) in [5, 5.41) is 11.7. The maximum absolute atomic E-state index is 5.29. The molecular weight excluding hydrogens is 745 g/mol. The third kappa shape index (κ3) is 5.12. The van der Waals surface area contributed by atoms with Gasteiger partial charge in [0.15, 0.2) is 0 Å². The zero-order chi connectivity index (χ0) is 38.3. The topological polar surface area (TPSA) is 32.6 Å². The number of aromatic nitrogens is 1. The Kier molecular flexibility index (Phi) is 7.67. The van der Waals surface area contributed by atoms with E-state index in [1.54, 1.807) is 0 Å². The van der Waals surface area contributed by atoms with Gasteiger partial charge in [-0.3, -0.25) is 4.90 Å². The number of aliphatic imine (C=N–C) groups is 1. The zero-order valence-electron chi connectivity index (χ0n) is 31.6. The standard InChI is InChI=1S/C52H36N4S2/c1-55-51(33-17-6-3-7-18-33)53-50(32-15-4-2-5-16-32)54-52(55)41-24-14-28-45-48(41)40-23-12-22-38(49(40)58-45)37-21-13-27-44-47(37)39-30-29-34(31-46(39)57-44)56-42-25-10-8-19-35(42)36-20-9-11-26-43(36)56/h2-31,51-52H,1H3,(H,53,54). The van der Waals surface area contributed by atoms with Gasteiger partial charge >= 0.3 is 0 Å². The number of fused-ring (bicyclic) bond motifs is 9. The Labute approximate surface area is 343 Å². The van der Waals surface area contributed by atoms with Crippen molar-refractivity contribution in [2.24, 2.45) is 4.99 Å². The number of nitrogens with one attached hydrogen (secondary N) is 1. The zero-order valence-corrected chi connectivity index (χ0v) is 33.3. The van der Waals surface area contributed by atoms with Gasteiger partial charge in [-0.25, -0.2) is 4.99 Å². The predicted octanol–water partition coefficient (Wildman–Crippen LogP) is 13.9. The molecule has 1 N–H and O–H groups in total. The van der Waals surface area contributed by atoms with Crippen molar-refractivity contribution < 1.29 is 0 Å². The highest BCUT2D eigenvalue weighted by Crippen LogP contribution is 2.48. The van der Waals surface area contributed by atoms with Gasteiger partial charge in [0, 0.05) is 67.9 Å². The fourth-order valence-electron chi connectivity index (χ4n) is 9.30. The van der Waals surface area contributed by atoms with Crippen molar-refractivity contribution in [2.75, 3.05) is 7.05 Å². The van der Waals surface area contributed by atoms with Crippen molar-refractivity contribution >= 4 is 90.7 Å². The fraction of sp³-hybridized carbons (Fsp3) is 0.0577. The van der Waals surface area contributed by atoms with Crippen molar-refractivity contribution in [1.82, 2.24) is 14.8 Å². The highest BCUT2D eigenvalue weighted by molar-refractivity contribution is 7.27. The van der Waals surface area contributed by atoms with Gasteiger partial charge in [0.05, 0.1) is 11.0 Å². The molecule has 8 aromatic carbocycles. The Morgan fingerprint density at radius 1 is 0.517 bits per heavy atom. The first-order valence-electron chi connectivity index (χ1n) is 19.7. The Hall–Kier alpha value is -6.57. The molecule has 4 nitrogen and oxygen atoms in total. The average Bonchev–Trinajstić information content (AvgIpc) is 3.96. The molecule has 0 radical (unpaired) electrons. The Bertz CT molecular complexity index is 3360. The van der Waals surface area contributed by atoms with Gasteiger partial charge < -0.3 is 9.88 Å². The molecule has 0 bridgehead atoms. The monoisotopic (exact) mass is 780 g/mol. The van der Waals surface area contributed by atoms with Crippen LogP contribution in [0.5, 0.6) is 0 Å². The van der Waals surface area contributed by atoms with E-state index in [4.69, 9.17) is 4.99 Å². The fourth-order valence-corrected chi connectivity index (χ4v) is 11.7. The van der Waals surface area contributed by atoms with Crippen LogP contribution < -0.4 is 5.32 Å². The molecule has 2 atom stereocenters. The number of para-hydroxylation sites is 2. The number of nitrogens with zero attached hydrogens (tertiary/aromatic N) is 3. The van der Waals surface area contributed by atoms with E-state index in [2.05, 4.69) is 204 Å². The number of amidine groups is 1. The summed E-state index contributed by atoms with van der Waals surface area (Å²) in [4.78, 5) is 7.66. The maximum atomic E-state index is 5.29. The number of rotatable bonds is 5. The van der Waals surface area contributed by atoms with Crippen LogP contribution >= 0.6 is 22.7 Å². The Balaban J connectivity index is 1.01. The molecule has 1 aliphatic heterocycles. The minimum atomic E-state index is -0.140. The minimum absolute atomic E-state index is 0.101. The van der Waals surface area contributed by atoms with Crippen molar-refractivity contribution in [1.29, 1.82) is 0 Å². The van der Waals surface area contributed by atoms with Crippen molar-refractivity contribution in [3.8, 4) is 16.8 Å². The Morgan fingerprint density at radius 3 is 1.93 bits per heavy atom. The summed E-state index contributed by atoms with van der Waals surface area (Å²) in [6, 6.07) is 66.2. The number of hydrogen-bond acceptors (Lipinski definition) is 5. The second kappa shape index (κ2) is 13.3. The number of hydrogen-bond donors (Lipinski definition) is 1. The van der Waals surface area contributed by atoms with Gasteiger partial charge in [-0.2, -0.15) is 0 Å². The first-order chi connectivity index (χ1) is 28.7. The summed E-state index contributed by atoms with van der Waals surface area (Å²) in [5.41, 5.74) is 9.72. The van der Waals surface area contributed by atoms with E-state index in [1.807, 2.05) is 22.7 Å². The van der Waals surface area contributed by atoms with E-state index in [-0.39, 0.29) is 12.3 Å². The predicted molar refractivity (Wildman–Crippen MR) is 248 cm³/mol. The van der Waals surface area contributed by atoms with Gasteiger partial charge in [-0.05, 0) is 60.1 Å². The van der Waals surface area contributed by atoms with E-state index in [9.17, 15) is 0 Å². The summed E-state index contributed by atoms with van der Waals surface area (Å²) < 4.78 is 7.61. The molecule has 11 aromatic rings. The molecule has 0 aliphatic carbocycles. The molecule has 276 valence electrons. The van der Waals surface area contributed by atoms with Crippen LogP contribution in [-0.4, -0.2) is 22.4 Å². The normalized spacial score (nSPS) is 16.2. The lowest BCUT2D eigenvalue weighted by atomic mass is 9.96. The summed E-state index contributed by atoms with van der Waals surface area (Å²) in [5.74, 6) is 0.909. The Morgan fingerprint density at radius 2 is 1.16 bits per heavy atom. The van der Waals surface area contributed by atoms with Gasteiger partial charge in [0.25, 0.3) is 0 Å². The number of benzene rings is 8. The molecule has 0 spiro atoms. The average molecular weight is 781 g/mol. The molecule has 12 rings (SSSR count). The van der Waals surface area contributed by atoms with E-state index in [0.717, 1.165) is 11.4 Å². The van der Waals surface area contributed by atoms with Crippen molar-refractivity contribution in [2.45, 2.75) is 12.3 Å². The first kappa shape index (κ1) is 33.6. The van der Waals surface area contributed by atoms with E-state index >= 15 is 0 Å². The molecule has 2 unspecified atom stereocenters. The molecular formula is C52H36N4S2. The van der Waals surface area contributed by atoms with Crippen LogP contribution in [0, 0.1) is 0 Å². The first-order valence-corrected chi connectivity index (χ1v) is 21.4. The van der Waals surface area contributed by atoms with Gasteiger partial charge in [-0.1, -0.05) is 146 Å². The largest absolute Gasteiger partial charge is 0.350 e. The molecule has 0 saturated heterocycles. The summed E-state index contributed by atoms with van der Waals surface area (Å²) >= 11 is 3.79. The lowest BCUT2D eigenvalue weighted by molar-refractivity contribution is 0.153. The third-order valence-electron chi connectivity index (χ3n) is 11.9. The minimum Gasteiger partial charge on any atom is -0.350 e. The molecule has 0 saturated carbocycles. The molecule has 0 amide bonds. The summed E-state index contributed by atoms with van der Waals surface area (Å²) in [6.45, 7) is 0. The summed E-state index contributed by atoms with van der Waals surface area (Å²) in [6.07, 6.45) is -0.241. The molecule has 6 heteroatoms. The quantitative estimate of drug-likeness (QED) is 0.189. The van der Waals surface area contributed by atoms with E-state index in [0.29, 0.717) is 0 Å². The SMILES string of the molecule is CN1C(c2ccccc2)N=C(c2ccccc2)NC1c1cccc2sc3c(-c4cccc5sc6cc(-n7c8ccccc8c8ccccc87)ccc6c45)cccc3c12. The van der Waals surface area contributed by atoms with Crippen LogP contribution in [0.2, 0.25) is 0 Å². The van der Waals surface area contributed by atoms with Crippen molar-refractivity contribution in [3.05, 3.63) is 199 Å². The molecule has 4 heterocycles. The van der Waals surface area contributed by atoms with Crippen LogP contribution in [0.25, 0.3) is 79.0 Å². The summed E-state index contributed by atoms with van der Waals surface area (Å²) in [7, 11) is 2.19. The highest BCUT2D eigenvalue weighted by atomic mass is 32.1. The van der Waals surface area contributed by atoms with Gasteiger partial charge in [0.2, 0.25) is 0 Å². The third-order valence-corrected chi connectivity index (χ3v) is 14.2. The van der Waals surface area contributed by atoms with Crippen molar-refractivity contribution in [3.63, 3.8) is 0 Å². The van der Waals surface area contributed by atoms with Crippen LogP contribution in [0.1, 0.15) is 29.0 Å². The second-order valence-corrected chi connectivity index (χ2v) is 17.3. The lowest BCUT2D eigenvalue weighted by Crippen LogP contribution is -2.46. The van der Waals surface area contributed by atoms with Gasteiger partial charge in [0.1, 0.15) is 18.2 Å². The number of thiophene rings is 2. The maximum Gasteiger partial charge on any atom is 0.132 e. The molecule has 58 heavy (non-hydrogen) atoms. The molecule has 3 aromatic heterocycles. The van der Waals surface area contributed by atoms with Gasteiger partial charge in [-0.15, -0.1) is 22.7 Å². The molecule has 0 fully saturated rings. The van der Waals surface area contributed by atoms with E-state index < -0.39 is 0 Å². The molecule has 1 aliphatic rings. The van der Waals surface area contributed by atoms with E-state index in [1.165, 1.54) is 90.1 Å². The lowest BCUT2D eigenvalue weighted by Gasteiger charge is -2.39. The van der Waals surface area contributed by atoms with Crippen LogP contribution in [0.3, 0.4) is 0 Å². The van der Waals surface area contributed by atoms with Crippen LogP contribution in [0.4, 0.5) is 0 Å². The van der Waals surface area contributed by atoms with Crippen LogP contribution in [0.15, 0.2) is 187 Å².